The first-order valence-corrected chi connectivity index (χ1v) is 9.62. The molecule has 4 rings (SSSR count). The molecule has 0 aromatic carbocycles. The molecule has 0 atom stereocenters. The van der Waals surface area contributed by atoms with Crippen LogP contribution in [0.2, 0.25) is 0 Å². The van der Waals surface area contributed by atoms with Gasteiger partial charge in [-0.25, -0.2) is 0 Å². The average Bonchev–Trinajstić information content (AvgIpc) is 2.83. The Kier molecular flexibility index (Phi) is 4.19. The van der Waals surface area contributed by atoms with Crippen molar-refractivity contribution < 1.29 is 11.6 Å². The maximum atomic E-state index is 12.5. The van der Waals surface area contributed by atoms with E-state index in [2.05, 4.69) is 31.2 Å². The zero-order valence-electron chi connectivity index (χ0n) is 21.5. The lowest BCUT2D eigenvalue weighted by atomic mass is 10.0. The van der Waals surface area contributed by atoms with Crippen LogP contribution in [0.5, 0.6) is 0 Å². The van der Waals surface area contributed by atoms with Gasteiger partial charge in [0, 0.05) is 51.5 Å². The summed E-state index contributed by atoms with van der Waals surface area (Å²) in [6.45, 7) is -0.870. The third-order valence-corrected chi connectivity index (χ3v) is 5.18. The van der Waals surface area contributed by atoms with Crippen molar-refractivity contribution in [3.63, 3.8) is 0 Å². The zero-order chi connectivity index (χ0) is 25.4. The number of hydrogen-bond donors (Lipinski definition) is 2. The molecule has 1 aliphatic heterocycles. The number of amides is 1. The van der Waals surface area contributed by atoms with Crippen LogP contribution in [0.15, 0.2) is 47.5 Å². The van der Waals surface area contributed by atoms with Gasteiger partial charge in [0.1, 0.15) is 5.69 Å². The molecule has 7 nitrogen and oxygen atoms in total. The van der Waals surface area contributed by atoms with Crippen molar-refractivity contribution >= 4 is 22.5 Å². The van der Waals surface area contributed by atoms with Gasteiger partial charge in [0.25, 0.3) is 11.5 Å². The van der Waals surface area contributed by atoms with Gasteiger partial charge < -0.3 is 10.3 Å². The molecule has 0 radical (unpaired) electrons. The molecule has 7 heteroatoms. The molecule has 0 spiro atoms. The summed E-state index contributed by atoms with van der Waals surface area (Å²) in [5.74, 6) is -0.224. The number of carbonyl (C=O) groups is 1. The van der Waals surface area contributed by atoms with Crippen LogP contribution in [0.4, 0.5) is 0 Å². The monoisotopic (exact) mass is 408 g/mol. The van der Waals surface area contributed by atoms with Gasteiger partial charge in [0.2, 0.25) is 0 Å². The number of aromatic amines is 1. The minimum absolute atomic E-state index is 0.224. The van der Waals surface area contributed by atoms with E-state index in [9.17, 15) is 9.59 Å². The molecule has 1 amide bonds. The standard InChI is InChI=1S/C23H25N5O2/c1-3-16-11-20-21(27-22(16)29)10-15(12-25-20)14-28-8-6-17(7-9-28)18-4-5-19(26-13-18)23(30)24-2/h4-6,10-13H,3,7-9,14H2,1-2H3,(H,24,30)(H,27,29)/i1D3,3D2. The minimum Gasteiger partial charge on any atom is -0.354 e. The van der Waals surface area contributed by atoms with Crippen LogP contribution in [-0.4, -0.2) is 45.9 Å². The van der Waals surface area contributed by atoms with Crippen molar-refractivity contribution in [3.8, 4) is 0 Å². The van der Waals surface area contributed by atoms with Crippen molar-refractivity contribution in [2.45, 2.75) is 26.2 Å². The highest BCUT2D eigenvalue weighted by Crippen LogP contribution is 2.23. The van der Waals surface area contributed by atoms with Crippen LogP contribution in [0.1, 0.15) is 47.3 Å². The molecule has 1 aliphatic rings. The first-order valence-electron chi connectivity index (χ1n) is 12.1. The van der Waals surface area contributed by atoms with Gasteiger partial charge in [-0.15, -0.1) is 0 Å². The molecule has 3 aromatic rings. The van der Waals surface area contributed by atoms with E-state index in [1.807, 2.05) is 6.07 Å². The summed E-state index contributed by atoms with van der Waals surface area (Å²) in [4.78, 5) is 37.5. The second-order valence-corrected chi connectivity index (χ2v) is 7.14. The van der Waals surface area contributed by atoms with E-state index < -0.39 is 24.3 Å². The van der Waals surface area contributed by atoms with Crippen LogP contribution in [0.25, 0.3) is 16.6 Å². The molecule has 0 saturated heterocycles. The molecule has 0 fully saturated rings. The highest BCUT2D eigenvalue weighted by molar-refractivity contribution is 5.92. The highest BCUT2D eigenvalue weighted by atomic mass is 16.1. The summed E-state index contributed by atoms with van der Waals surface area (Å²) < 4.78 is 38.0. The van der Waals surface area contributed by atoms with Crippen LogP contribution in [0, 0.1) is 0 Å². The number of aryl methyl sites for hydroxylation is 1. The molecule has 2 N–H and O–H groups in total. The van der Waals surface area contributed by atoms with Gasteiger partial charge in [-0.3, -0.25) is 24.5 Å². The quantitative estimate of drug-likeness (QED) is 0.677. The summed E-state index contributed by atoms with van der Waals surface area (Å²) in [6.07, 6.45) is 3.51. The van der Waals surface area contributed by atoms with E-state index in [1.165, 1.54) is 6.07 Å². The molecular weight excluding hydrogens is 378 g/mol. The van der Waals surface area contributed by atoms with Crippen molar-refractivity contribution in [2.24, 2.45) is 0 Å². The SMILES string of the molecule is [2H]C([2H])([2H])C([2H])([2H])c1cc2ncc(CN3CC=C(c4ccc(C(=O)NC)nc4)CC3)cc2[nH]c1=O. The van der Waals surface area contributed by atoms with Crippen LogP contribution in [-0.2, 0) is 12.9 Å². The Balaban J connectivity index is 1.48. The topological polar surface area (TPSA) is 91.0 Å². The first kappa shape index (κ1) is 14.6. The summed E-state index contributed by atoms with van der Waals surface area (Å²) in [5.41, 5.74) is 2.89. The second kappa shape index (κ2) is 8.59. The zero-order valence-corrected chi connectivity index (χ0v) is 16.5. The number of hydrogen-bond acceptors (Lipinski definition) is 5. The summed E-state index contributed by atoms with van der Waals surface area (Å²) in [5, 5.41) is 2.55. The largest absolute Gasteiger partial charge is 0.354 e. The maximum Gasteiger partial charge on any atom is 0.269 e. The number of nitrogens with zero attached hydrogens (tertiary/aromatic N) is 3. The number of nitrogens with one attached hydrogen (secondary N) is 2. The Morgan fingerprint density at radius 1 is 1.33 bits per heavy atom. The molecule has 3 aromatic heterocycles. The molecule has 0 saturated carbocycles. The van der Waals surface area contributed by atoms with E-state index in [0.717, 1.165) is 29.7 Å². The van der Waals surface area contributed by atoms with Crippen molar-refractivity contribution in [1.29, 1.82) is 0 Å². The van der Waals surface area contributed by atoms with E-state index >= 15 is 0 Å². The smallest absolute Gasteiger partial charge is 0.269 e. The minimum atomic E-state index is -2.98. The predicted octanol–water partition coefficient (Wildman–Crippen LogP) is 2.53. The number of aromatic nitrogens is 3. The molecule has 4 heterocycles. The van der Waals surface area contributed by atoms with Crippen molar-refractivity contribution in [1.82, 2.24) is 25.2 Å². The predicted molar refractivity (Wildman–Crippen MR) is 117 cm³/mol. The first-order chi connectivity index (χ1) is 16.5. The molecular formula is C23H25N5O2. The second-order valence-electron chi connectivity index (χ2n) is 7.14. The fraction of sp³-hybridized carbons (Fsp3) is 0.304. The third kappa shape index (κ3) is 4.16. The molecule has 154 valence electrons. The van der Waals surface area contributed by atoms with Crippen LogP contribution < -0.4 is 10.9 Å². The van der Waals surface area contributed by atoms with Gasteiger partial charge in [-0.2, -0.15) is 0 Å². The van der Waals surface area contributed by atoms with Crippen LogP contribution in [0.3, 0.4) is 0 Å². The van der Waals surface area contributed by atoms with E-state index in [4.69, 9.17) is 6.85 Å². The lowest BCUT2D eigenvalue weighted by molar-refractivity contribution is 0.0958. The maximum absolute atomic E-state index is 12.5. The average molecular weight is 409 g/mol. The van der Waals surface area contributed by atoms with Crippen LogP contribution >= 0.6 is 0 Å². The number of rotatable bonds is 5. The number of H-pyrrole nitrogens is 1. The van der Waals surface area contributed by atoms with Crippen molar-refractivity contribution in [2.75, 3.05) is 20.1 Å². The fourth-order valence-electron chi connectivity index (χ4n) is 3.53. The Labute approximate surface area is 181 Å². The lowest BCUT2D eigenvalue weighted by Crippen LogP contribution is -2.28. The van der Waals surface area contributed by atoms with Gasteiger partial charge in [0.15, 0.2) is 0 Å². The Bertz CT molecular complexity index is 1350. The van der Waals surface area contributed by atoms with Gasteiger partial charge >= 0.3 is 0 Å². The molecule has 0 bridgehead atoms. The van der Waals surface area contributed by atoms with E-state index in [-0.39, 0.29) is 5.91 Å². The van der Waals surface area contributed by atoms with Gasteiger partial charge in [0.05, 0.1) is 11.0 Å². The summed E-state index contributed by atoms with van der Waals surface area (Å²) >= 11 is 0. The van der Waals surface area contributed by atoms with Crippen molar-refractivity contribution in [3.05, 3.63) is 75.5 Å². The Morgan fingerprint density at radius 2 is 2.23 bits per heavy atom. The normalized spacial score (nSPS) is 17.9. The molecule has 0 unspecified atom stereocenters. The summed E-state index contributed by atoms with van der Waals surface area (Å²) in [7, 11) is 1.57. The number of carbonyl (C=O) groups excluding carboxylic acids is 1. The third-order valence-electron chi connectivity index (χ3n) is 5.18. The van der Waals surface area contributed by atoms with Gasteiger partial charge in [-0.05, 0) is 47.7 Å². The molecule has 30 heavy (non-hydrogen) atoms. The Hall–Kier alpha value is -3.32. The summed E-state index contributed by atoms with van der Waals surface area (Å²) in [6, 6.07) is 6.59. The van der Waals surface area contributed by atoms with E-state index in [0.29, 0.717) is 29.8 Å². The number of fused-ring (bicyclic) bond motifs is 1. The fourth-order valence-corrected chi connectivity index (χ4v) is 3.53. The molecule has 0 aliphatic carbocycles. The highest BCUT2D eigenvalue weighted by Gasteiger charge is 2.15. The number of pyridine rings is 3. The van der Waals surface area contributed by atoms with E-state index in [1.54, 1.807) is 31.6 Å². The van der Waals surface area contributed by atoms with Gasteiger partial charge in [-0.1, -0.05) is 19.0 Å². The Morgan fingerprint density at radius 3 is 2.93 bits per heavy atom. The lowest BCUT2D eigenvalue weighted by Gasteiger charge is -2.26.